The molecule has 0 radical (unpaired) electrons. The Morgan fingerprint density at radius 2 is 1.79 bits per heavy atom. The summed E-state index contributed by atoms with van der Waals surface area (Å²) in [6.45, 7) is 2.35. The molecule has 0 unspecified atom stereocenters. The summed E-state index contributed by atoms with van der Waals surface area (Å²) in [7, 11) is 0. The second-order valence-corrected chi connectivity index (χ2v) is 8.15. The van der Waals surface area contributed by atoms with Crippen LogP contribution in [-0.4, -0.2) is 6.54 Å². The molecule has 2 nitrogen and oxygen atoms in total. The van der Waals surface area contributed by atoms with E-state index < -0.39 is 0 Å². The van der Waals surface area contributed by atoms with Crippen LogP contribution in [0.5, 0.6) is 5.75 Å². The Balaban J connectivity index is 1.46. The van der Waals surface area contributed by atoms with E-state index in [2.05, 4.69) is 47.8 Å². The molecule has 0 saturated carbocycles. The summed E-state index contributed by atoms with van der Waals surface area (Å²) in [5.74, 6) is 0.947. The fraction of sp³-hybridized carbons (Fsp3) is 0.308. The highest BCUT2D eigenvalue weighted by atomic mass is 35.5. The highest BCUT2D eigenvalue weighted by Gasteiger charge is 2.10. The zero-order valence-electron chi connectivity index (χ0n) is 16.8. The number of hydrogen-bond donors (Lipinski definition) is 1. The van der Waals surface area contributed by atoms with Gasteiger partial charge in [-0.3, -0.25) is 0 Å². The Morgan fingerprint density at radius 1 is 0.931 bits per heavy atom. The summed E-state index contributed by atoms with van der Waals surface area (Å²) < 4.78 is 6.22. The Labute approximate surface area is 178 Å². The van der Waals surface area contributed by atoms with Crippen LogP contribution in [0.4, 0.5) is 0 Å². The summed E-state index contributed by atoms with van der Waals surface area (Å²) in [5.41, 5.74) is 3.96. The Morgan fingerprint density at radius 3 is 2.62 bits per heavy atom. The van der Waals surface area contributed by atoms with Gasteiger partial charge in [0.2, 0.25) is 0 Å². The Bertz CT molecular complexity index is 978. The van der Waals surface area contributed by atoms with E-state index in [1.165, 1.54) is 42.0 Å². The summed E-state index contributed by atoms with van der Waals surface area (Å²) in [6.07, 6.45) is 8.79. The molecule has 3 aromatic rings. The minimum Gasteiger partial charge on any atom is -0.489 e. The minimum absolute atomic E-state index is 0.537. The molecule has 29 heavy (non-hydrogen) atoms. The summed E-state index contributed by atoms with van der Waals surface area (Å²) in [4.78, 5) is 0. The van der Waals surface area contributed by atoms with Crippen LogP contribution in [-0.2, 0) is 13.2 Å². The fourth-order valence-corrected chi connectivity index (χ4v) is 4.10. The normalized spacial score (nSPS) is 14.0. The lowest BCUT2D eigenvalue weighted by atomic mass is 9.97. The van der Waals surface area contributed by atoms with Crippen molar-refractivity contribution < 1.29 is 4.74 Å². The van der Waals surface area contributed by atoms with E-state index >= 15 is 0 Å². The third-order valence-electron chi connectivity index (χ3n) is 5.61. The number of hydrogen-bond acceptors (Lipinski definition) is 2. The molecule has 3 heteroatoms. The van der Waals surface area contributed by atoms with Gasteiger partial charge >= 0.3 is 0 Å². The molecule has 0 fully saturated rings. The standard InChI is InChI=1S/C26H28ClNO/c27-23-13-10-21(11-14-23)19-29-26-15-12-22-8-4-5-9-24(22)25(26)18-28-17-16-20-6-2-1-3-7-20/h4-6,8-15,28H,1-3,7,16-19H2. The zero-order chi connectivity index (χ0) is 19.9. The number of fused-ring (bicyclic) bond motifs is 1. The second-order valence-electron chi connectivity index (χ2n) is 7.71. The first-order valence-electron chi connectivity index (χ1n) is 10.6. The molecule has 4 rings (SSSR count). The lowest BCUT2D eigenvalue weighted by molar-refractivity contribution is 0.303. The number of benzene rings is 3. The van der Waals surface area contributed by atoms with Gasteiger partial charge in [0.15, 0.2) is 0 Å². The van der Waals surface area contributed by atoms with Gasteiger partial charge in [0, 0.05) is 17.1 Å². The van der Waals surface area contributed by atoms with Crippen molar-refractivity contribution in [2.24, 2.45) is 0 Å². The summed E-state index contributed by atoms with van der Waals surface area (Å²) in [5, 5.41) is 6.90. The van der Waals surface area contributed by atoms with Crippen LogP contribution in [0.25, 0.3) is 10.8 Å². The van der Waals surface area contributed by atoms with Gasteiger partial charge in [-0.05, 0) is 73.2 Å². The van der Waals surface area contributed by atoms with E-state index in [0.717, 1.165) is 35.8 Å². The SMILES string of the molecule is Clc1ccc(COc2ccc3ccccc3c2CNCCC2=CCCCC2)cc1. The van der Waals surface area contributed by atoms with Crippen LogP contribution in [0.2, 0.25) is 5.02 Å². The van der Waals surface area contributed by atoms with Gasteiger partial charge in [0.25, 0.3) is 0 Å². The average molecular weight is 406 g/mol. The highest BCUT2D eigenvalue weighted by Crippen LogP contribution is 2.29. The van der Waals surface area contributed by atoms with Crippen LogP contribution < -0.4 is 10.1 Å². The number of ether oxygens (including phenoxy) is 1. The van der Waals surface area contributed by atoms with Gasteiger partial charge in [0.05, 0.1) is 0 Å². The van der Waals surface area contributed by atoms with Crippen molar-refractivity contribution >= 4 is 22.4 Å². The Kier molecular flexibility index (Phi) is 6.87. The molecule has 3 aromatic carbocycles. The smallest absolute Gasteiger partial charge is 0.124 e. The van der Waals surface area contributed by atoms with Crippen molar-refractivity contribution in [2.45, 2.75) is 45.3 Å². The van der Waals surface area contributed by atoms with Gasteiger partial charge in [0.1, 0.15) is 12.4 Å². The molecular formula is C26H28ClNO. The van der Waals surface area contributed by atoms with Crippen molar-refractivity contribution in [3.8, 4) is 5.75 Å². The molecule has 0 amide bonds. The van der Waals surface area contributed by atoms with E-state index in [0.29, 0.717) is 6.61 Å². The van der Waals surface area contributed by atoms with Crippen LogP contribution in [0, 0.1) is 0 Å². The van der Waals surface area contributed by atoms with Crippen LogP contribution >= 0.6 is 11.6 Å². The number of allylic oxidation sites excluding steroid dienone is 1. The zero-order valence-corrected chi connectivity index (χ0v) is 17.5. The highest BCUT2D eigenvalue weighted by molar-refractivity contribution is 6.30. The predicted octanol–water partition coefficient (Wildman–Crippen LogP) is 7.05. The molecule has 1 N–H and O–H groups in total. The average Bonchev–Trinajstić information content (AvgIpc) is 2.77. The van der Waals surface area contributed by atoms with E-state index in [-0.39, 0.29) is 0 Å². The molecule has 1 aliphatic rings. The molecule has 0 spiro atoms. The molecule has 150 valence electrons. The van der Waals surface area contributed by atoms with Crippen molar-refractivity contribution in [1.29, 1.82) is 0 Å². The first-order valence-corrected chi connectivity index (χ1v) is 10.9. The van der Waals surface area contributed by atoms with Gasteiger partial charge in [-0.2, -0.15) is 0 Å². The van der Waals surface area contributed by atoms with E-state index in [4.69, 9.17) is 16.3 Å². The van der Waals surface area contributed by atoms with Crippen LogP contribution in [0.1, 0.15) is 43.2 Å². The summed E-state index contributed by atoms with van der Waals surface area (Å²) >= 11 is 5.99. The van der Waals surface area contributed by atoms with Gasteiger partial charge in [-0.25, -0.2) is 0 Å². The third kappa shape index (κ3) is 5.41. The van der Waals surface area contributed by atoms with Crippen LogP contribution in [0.15, 0.2) is 72.3 Å². The van der Waals surface area contributed by atoms with Crippen molar-refractivity contribution in [3.05, 3.63) is 88.5 Å². The molecule has 0 aromatic heterocycles. The second kappa shape index (κ2) is 9.96. The van der Waals surface area contributed by atoms with Gasteiger partial charge in [-0.15, -0.1) is 0 Å². The topological polar surface area (TPSA) is 21.3 Å². The number of rotatable bonds is 8. The van der Waals surface area contributed by atoms with Crippen molar-refractivity contribution in [1.82, 2.24) is 5.32 Å². The van der Waals surface area contributed by atoms with Crippen molar-refractivity contribution in [2.75, 3.05) is 6.54 Å². The molecule has 1 aliphatic carbocycles. The van der Waals surface area contributed by atoms with E-state index in [1.54, 1.807) is 5.57 Å². The Hall–Kier alpha value is -2.29. The quantitative estimate of drug-likeness (QED) is 0.320. The predicted molar refractivity (Wildman–Crippen MR) is 123 cm³/mol. The maximum Gasteiger partial charge on any atom is 0.124 e. The maximum absolute atomic E-state index is 6.22. The van der Waals surface area contributed by atoms with Crippen LogP contribution in [0.3, 0.4) is 0 Å². The number of nitrogens with one attached hydrogen (secondary N) is 1. The molecule has 0 bridgehead atoms. The first kappa shape index (κ1) is 20.0. The van der Waals surface area contributed by atoms with Gasteiger partial charge in [-0.1, -0.05) is 65.7 Å². The van der Waals surface area contributed by atoms with E-state index in [9.17, 15) is 0 Å². The largest absolute Gasteiger partial charge is 0.489 e. The third-order valence-corrected chi connectivity index (χ3v) is 5.87. The molecule has 0 saturated heterocycles. The first-order chi connectivity index (χ1) is 14.3. The number of halogens is 1. The monoisotopic (exact) mass is 405 g/mol. The lowest BCUT2D eigenvalue weighted by Crippen LogP contribution is -2.16. The fourth-order valence-electron chi connectivity index (χ4n) is 3.97. The maximum atomic E-state index is 6.22. The molecule has 0 aliphatic heterocycles. The van der Waals surface area contributed by atoms with E-state index in [1.807, 2.05) is 24.3 Å². The van der Waals surface area contributed by atoms with Crippen molar-refractivity contribution in [3.63, 3.8) is 0 Å². The summed E-state index contributed by atoms with van der Waals surface area (Å²) in [6, 6.07) is 20.6. The molecular weight excluding hydrogens is 378 g/mol. The minimum atomic E-state index is 0.537. The molecule has 0 atom stereocenters. The lowest BCUT2D eigenvalue weighted by Gasteiger charge is -2.16. The molecule has 0 heterocycles. The van der Waals surface area contributed by atoms with Gasteiger partial charge < -0.3 is 10.1 Å².